The van der Waals surface area contributed by atoms with Crippen LogP contribution in [-0.2, 0) is 14.3 Å². The highest BCUT2D eigenvalue weighted by Gasteiger charge is 2.49. The first-order valence-corrected chi connectivity index (χ1v) is 4.19. The third-order valence-electron chi connectivity index (χ3n) is 2.52. The second-order valence-corrected chi connectivity index (χ2v) is 3.42. The fourth-order valence-electron chi connectivity index (χ4n) is 1.90. The number of carbonyl (C=O) groups is 1. The van der Waals surface area contributed by atoms with E-state index in [4.69, 9.17) is 14.6 Å². The van der Waals surface area contributed by atoms with E-state index in [1.165, 1.54) is 0 Å². The number of rotatable bonds is 1. The molecule has 0 aromatic carbocycles. The summed E-state index contributed by atoms with van der Waals surface area (Å²) in [7, 11) is 0. The molecule has 2 aliphatic rings. The Morgan fingerprint density at radius 2 is 2.42 bits per heavy atom. The lowest BCUT2D eigenvalue weighted by molar-refractivity contribution is -0.148. The lowest BCUT2D eigenvalue weighted by atomic mass is 9.92. The van der Waals surface area contributed by atoms with Gasteiger partial charge in [0.05, 0.1) is 18.6 Å². The third-order valence-corrected chi connectivity index (χ3v) is 2.52. The van der Waals surface area contributed by atoms with Gasteiger partial charge in [0.1, 0.15) is 6.10 Å². The summed E-state index contributed by atoms with van der Waals surface area (Å²) in [6.45, 7) is 1.88. The summed E-state index contributed by atoms with van der Waals surface area (Å²) in [5, 5.41) is 8.96. The van der Waals surface area contributed by atoms with E-state index in [1.807, 2.05) is 6.92 Å². The van der Waals surface area contributed by atoms with Crippen molar-refractivity contribution in [1.82, 2.24) is 0 Å². The molecule has 0 unspecified atom stereocenters. The highest BCUT2D eigenvalue weighted by atomic mass is 16.6. The first kappa shape index (κ1) is 8.01. The summed E-state index contributed by atoms with van der Waals surface area (Å²) < 4.78 is 10.4. The van der Waals surface area contributed by atoms with Crippen molar-refractivity contribution in [1.29, 1.82) is 0 Å². The van der Waals surface area contributed by atoms with Crippen LogP contribution in [0.25, 0.3) is 0 Å². The number of fused-ring (bicyclic) bond motifs is 2. The van der Waals surface area contributed by atoms with Crippen molar-refractivity contribution in [3.05, 3.63) is 0 Å². The Kier molecular flexibility index (Phi) is 1.81. The van der Waals surface area contributed by atoms with E-state index in [0.717, 1.165) is 0 Å². The van der Waals surface area contributed by atoms with Crippen molar-refractivity contribution in [2.24, 2.45) is 5.92 Å². The Balaban J connectivity index is 2.17. The van der Waals surface area contributed by atoms with Gasteiger partial charge in [-0.05, 0) is 6.92 Å². The molecule has 68 valence electrons. The predicted molar refractivity (Wildman–Crippen MR) is 39.4 cm³/mol. The van der Waals surface area contributed by atoms with Gasteiger partial charge in [-0.3, -0.25) is 0 Å². The summed E-state index contributed by atoms with van der Waals surface area (Å²) in [6, 6.07) is 0. The van der Waals surface area contributed by atoms with Gasteiger partial charge >= 0.3 is 5.97 Å². The average Bonchev–Trinajstić information content (AvgIpc) is 2.20. The molecule has 1 N–H and O–H groups in total. The summed E-state index contributed by atoms with van der Waals surface area (Å²) in [6.07, 6.45) is 0.113. The van der Waals surface area contributed by atoms with E-state index in [9.17, 15) is 4.79 Å². The van der Waals surface area contributed by atoms with Crippen molar-refractivity contribution in [2.45, 2.75) is 31.7 Å². The van der Waals surface area contributed by atoms with E-state index < -0.39 is 6.10 Å². The first-order chi connectivity index (χ1) is 5.72. The zero-order valence-corrected chi connectivity index (χ0v) is 6.90. The molecule has 2 fully saturated rings. The molecular weight excluding hydrogens is 160 g/mol. The van der Waals surface area contributed by atoms with Gasteiger partial charge in [0.25, 0.3) is 0 Å². The second kappa shape index (κ2) is 2.71. The highest BCUT2D eigenvalue weighted by Crippen LogP contribution is 2.34. The lowest BCUT2D eigenvalue weighted by Gasteiger charge is -2.28. The number of ether oxygens (including phenoxy) is 2. The Hall–Kier alpha value is -0.610. The van der Waals surface area contributed by atoms with Gasteiger partial charge in [-0.1, -0.05) is 0 Å². The number of esters is 1. The molecular formula is C8H12O4. The van der Waals surface area contributed by atoms with Crippen molar-refractivity contribution in [3.8, 4) is 0 Å². The summed E-state index contributed by atoms with van der Waals surface area (Å²) in [5.74, 6) is -0.461. The summed E-state index contributed by atoms with van der Waals surface area (Å²) >= 11 is 0. The largest absolute Gasteiger partial charge is 0.460 e. The van der Waals surface area contributed by atoms with Gasteiger partial charge < -0.3 is 14.6 Å². The quantitative estimate of drug-likeness (QED) is 0.551. The fraction of sp³-hybridized carbons (Fsp3) is 0.875. The van der Waals surface area contributed by atoms with Crippen LogP contribution in [0.15, 0.2) is 0 Å². The van der Waals surface area contributed by atoms with Crippen LogP contribution in [0.1, 0.15) is 13.3 Å². The SMILES string of the molecule is C[C@@H]1C[C@H]2OC(=O)[C@@H](O1)[C@@H]2CO. The molecule has 4 nitrogen and oxygen atoms in total. The Bertz CT molecular complexity index is 203. The topological polar surface area (TPSA) is 55.8 Å². The zero-order chi connectivity index (χ0) is 8.72. The molecule has 0 aromatic rings. The van der Waals surface area contributed by atoms with Crippen LogP contribution < -0.4 is 0 Å². The molecule has 4 atom stereocenters. The van der Waals surface area contributed by atoms with E-state index in [1.54, 1.807) is 0 Å². The second-order valence-electron chi connectivity index (χ2n) is 3.42. The molecule has 0 aromatic heterocycles. The molecule has 12 heavy (non-hydrogen) atoms. The van der Waals surface area contributed by atoms with E-state index in [-0.39, 0.29) is 30.7 Å². The van der Waals surface area contributed by atoms with Gasteiger partial charge in [0.2, 0.25) is 0 Å². The van der Waals surface area contributed by atoms with Gasteiger partial charge in [0.15, 0.2) is 6.10 Å². The van der Waals surface area contributed by atoms with E-state index in [2.05, 4.69) is 0 Å². The minimum absolute atomic E-state index is 0.0339. The molecule has 2 heterocycles. The molecule has 4 heteroatoms. The minimum Gasteiger partial charge on any atom is -0.460 e. The number of hydrogen-bond acceptors (Lipinski definition) is 4. The first-order valence-electron chi connectivity index (χ1n) is 4.19. The molecule has 0 aliphatic carbocycles. The predicted octanol–water partition coefficient (Wildman–Crippen LogP) is -0.302. The van der Waals surface area contributed by atoms with Gasteiger partial charge in [0, 0.05) is 6.42 Å². The van der Waals surface area contributed by atoms with E-state index in [0.29, 0.717) is 6.42 Å². The number of hydrogen-bond donors (Lipinski definition) is 1. The van der Waals surface area contributed by atoms with Crippen molar-refractivity contribution < 1.29 is 19.4 Å². The lowest BCUT2D eigenvalue weighted by Crippen LogP contribution is -2.40. The number of aliphatic hydroxyl groups is 1. The Morgan fingerprint density at radius 3 is 3.00 bits per heavy atom. The average molecular weight is 172 g/mol. The molecule has 2 rings (SSSR count). The Morgan fingerprint density at radius 1 is 1.67 bits per heavy atom. The molecule has 2 saturated heterocycles. The van der Waals surface area contributed by atoms with Crippen LogP contribution >= 0.6 is 0 Å². The maximum Gasteiger partial charge on any atom is 0.336 e. The number of aliphatic hydroxyl groups excluding tert-OH is 1. The van der Waals surface area contributed by atoms with Gasteiger partial charge in [-0.25, -0.2) is 4.79 Å². The molecule has 2 aliphatic heterocycles. The molecule has 0 spiro atoms. The molecule has 2 bridgehead atoms. The van der Waals surface area contributed by atoms with Crippen LogP contribution in [0.4, 0.5) is 0 Å². The highest BCUT2D eigenvalue weighted by molar-refractivity contribution is 5.78. The Labute approximate surface area is 70.5 Å². The van der Waals surface area contributed by atoms with Crippen LogP contribution in [0.2, 0.25) is 0 Å². The number of carbonyl (C=O) groups excluding carboxylic acids is 1. The maximum absolute atomic E-state index is 11.1. The summed E-state index contributed by atoms with van der Waals surface area (Å²) in [4.78, 5) is 11.1. The monoisotopic (exact) mass is 172 g/mol. The standard InChI is InChI=1S/C8H12O4/c1-4-2-6-5(3-9)7(11-4)8(10)12-6/h4-7,9H,2-3H2,1H3/t4-,5-,6-,7+/m1/s1. The molecule has 0 saturated carbocycles. The van der Waals surface area contributed by atoms with E-state index >= 15 is 0 Å². The van der Waals surface area contributed by atoms with Crippen LogP contribution in [-0.4, -0.2) is 36.0 Å². The summed E-state index contributed by atoms with van der Waals surface area (Å²) in [5.41, 5.74) is 0. The smallest absolute Gasteiger partial charge is 0.336 e. The van der Waals surface area contributed by atoms with Crippen LogP contribution in [0.3, 0.4) is 0 Å². The van der Waals surface area contributed by atoms with Gasteiger partial charge in [-0.2, -0.15) is 0 Å². The molecule has 0 amide bonds. The zero-order valence-electron chi connectivity index (χ0n) is 6.90. The van der Waals surface area contributed by atoms with Crippen LogP contribution in [0.5, 0.6) is 0 Å². The third kappa shape index (κ3) is 1.03. The minimum atomic E-state index is -0.524. The maximum atomic E-state index is 11.1. The van der Waals surface area contributed by atoms with Crippen LogP contribution in [0, 0.1) is 5.92 Å². The van der Waals surface area contributed by atoms with Crippen molar-refractivity contribution in [3.63, 3.8) is 0 Å². The van der Waals surface area contributed by atoms with Crippen molar-refractivity contribution in [2.75, 3.05) is 6.61 Å². The van der Waals surface area contributed by atoms with Gasteiger partial charge in [-0.15, -0.1) is 0 Å². The normalized spacial score (nSPS) is 46.0. The molecule has 0 radical (unpaired) electrons. The van der Waals surface area contributed by atoms with Crippen molar-refractivity contribution >= 4 is 5.97 Å². The fourth-order valence-corrected chi connectivity index (χ4v) is 1.90.